The molecular weight excluding hydrogens is 357 g/mol. The summed E-state index contributed by atoms with van der Waals surface area (Å²) in [6, 6.07) is 5.72. The molecular formula is C10H7BrINO. The minimum atomic E-state index is -0.318. The fourth-order valence-corrected chi connectivity index (χ4v) is 1.57. The molecule has 0 fully saturated rings. The molecule has 1 N–H and O–H groups in total. The fourth-order valence-electron chi connectivity index (χ4n) is 0.876. The number of halogens is 2. The molecule has 0 spiro atoms. The molecule has 1 aromatic rings. The predicted octanol–water partition coefficient (Wildman–Crippen LogP) is 2.89. The molecule has 1 aromatic carbocycles. The van der Waals surface area contributed by atoms with Crippen molar-refractivity contribution in [2.75, 3.05) is 5.32 Å². The maximum Gasteiger partial charge on any atom is 0.301 e. The second-order valence-electron chi connectivity index (χ2n) is 2.64. The van der Waals surface area contributed by atoms with Crippen LogP contribution in [0, 0.1) is 21.2 Å². The first-order chi connectivity index (χ1) is 6.63. The molecule has 0 aliphatic carbocycles. The van der Waals surface area contributed by atoms with E-state index in [4.69, 9.17) is 0 Å². The van der Waals surface area contributed by atoms with Crippen LogP contribution in [0.5, 0.6) is 0 Å². The predicted molar refractivity (Wildman–Crippen MR) is 69.2 cm³/mol. The molecule has 0 bridgehead atoms. The number of amides is 1. The van der Waals surface area contributed by atoms with Gasteiger partial charge in [0.1, 0.15) is 0 Å². The van der Waals surface area contributed by atoms with Crippen molar-refractivity contribution in [1.29, 1.82) is 0 Å². The van der Waals surface area contributed by atoms with E-state index < -0.39 is 0 Å². The zero-order valence-electron chi connectivity index (χ0n) is 7.40. The van der Waals surface area contributed by atoms with Crippen molar-refractivity contribution in [3.05, 3.63) is 27.3 Å². The number of carbonyl (C=O) groups excluding carboxylic acids is 1. The highest BCUT2D eigenvalue weighted by atomic mass is 127. The van der Waals surface area contributed by atoms with E-state index in [0.29, 0.717) is 0 Å². The Balaban J connectivity index is 2.81. The quantitative estimate of drug-likeness (QED) is 0.603. The third-order valence-corrected chi connectivity index (χ3v) is 2.95. The van der Waals surface area contributed by atoms with E-state index in [1.54, 1.807) is 0 Å². The zero-order chi connectivity index (χ0) is 10.6. The molecule has 0 heterocycles. The fraction of sp³-hybridized carbons (Fsp3) is 0.100. The third kappa shape index (κ3) is 3.31. The lowest BCUT2D eigenvalue weighted by Gasteiger charge is -2.03. The van der Waals surface area contributed by atoms with Crippen LogP contribution in [0.3, 0.4) is 0 Å². The number of hydrogen-bond acceptors (Lipinski definition) is 1. The van der Waals surface area contributed by atoms with E-state index in [-0.39, 0.29) is 5.91 Å². The highest BCUT2D eigenvalue weighted by Gasteiger charge is 1.99. The summed E-state index contributed by atoms with van der Waals surface area (Å²) in [5.74, 6) is 2.02. The van der Waals surface area contributed by atoms with Crippen LogP contribution < -0.4 is 5.32 Å². The van der Waals surface area contributed by atoms with Crippen molar-refractivity contribution >= 4 is 50.1 Å². The third-order valence-electron chi connectivity index (χ3n) is 1.59. The molecule has 0 aliphatic heterocycles. The number of rotatable bonds is 1. The van der Waals surface area contributed by atoms with Gasteiger partial charge in [-0.2, -0.15) is 0 Å². The summed E-state index contributed by atoms with van der Waals surface area (Å²) >= 11 is 5.09. The molecule has 72 valence electrons. The molecule has 0 unspecified atom stereocenters. The van der Waals surface area contributed by atoms with Gasteiger partial charge < -0.3 is 5.32 Å². The Morgan fingerprint density at radius 2 is 2.29 bits per heavy atom. The number of aryl methyl sites for hydroxylation is 1. The first kappa shape index (κ1) is 11.5. The molecule has 1 amide bonds. The molecule has 0 saturated carbocycles. The van der Waals surface area contributed by atoms with E-state index in [0.717, 1.165) is 9.26 Å². The number of hydrogen-bond donors (Lipinski definition) is 1. The van der Waals surface area contributed by atoms with E-state index in [2.05, 4.69) is 54.6 Å². The summed E-state index contributed by atoms with van der Waals surface area (Å²) < 4.78 is 1.12. The summed E-state index contributed by atoms with van der Waals surface area (Å²) in [6.07, 6.45) is 0. The van der Waals surface area contributed by atoms with Gasteiger partial charge in [0.05, 0.1) is 0 Å². The minimum Gasteiger partial charge on any atom is -0.315 e. The van der Waals surface area contributed by atoms with Crippen molar-refractivity contribution in [3.63, 3.8) is 0 Å². The lowest BCUT2D eigenvalue weighted by molar-refractivity contribution is -0.111. The Kier molecular flexibility index (Phi) is 4.42. The molecule has 0 radical (unpaired) electrons. The largest absolute Gasteiger partial charge is 0.315 e. The minimum absolute atomic E-state index is 0.318. The SMILES string of the molecule is Cc1ccc(NC(=O)C#CBr)cc1I. The van der Waals surface area contributed by atoms with Gasteiger partial charge in [-0.05, 0) is 52.0 Å². The van der Waals surface area contributed by atoms with Crippen molar-refractivity contribution in [3.8, 4) is 10.8 Å². The smallest absolute Gasteiger partial charge is 0.301 e. The number of nitrogens with one attached hydrogen (secondary N) is 1. The number of benzene rings is 1. The van der Waals surface area contributed by atoms with E-state index in [1.807, 2.05) is 25.1 Å². The second-order valence-corrected chi connectivity index (χ2v) is 4.20. The molecule has 2 nitrogen and oxygen atoms in total. The standard InChI is InChI=1S/C10H7BrINO/c1-7-2-3-8(6-9(7)12)13-10(14)4-5-11/h2-3,6H,1H3,(H,13,14). The van der Waals surface area contributed by atoms with Crippen molar-refractivity contribution in [2.24, 2.45) is 0 Å². The summed E-state index contributed by atoms with van der Waals surface area (Å²) in [5, 5.41) is 2.66. The Labute approximate surface area is 105 Å². The van der Waals surface area contributed by atoms with E-state index in [1.165, 1.54) is 5.56 Å². The van der Waals surface area contributed by atoms with Gasteiger partial charge in [-0.15, -0.1) is 0 Å². The summed E-state index contributed by atoms with van der Waals surface area (Å²) in [4.78, 5) is 13.5. The normalized spacial score (nSPS) is 8.79. The van der Waals surface area contributed by atoms with Gasteiger partial charge in [0.15, 0.2) is 0 Å². The highest BCUT2D eigenvalue weighted by Crippen LogP contribution is 2.16. The first-order valence-corrected chi connectivity index (χ1v) is 5.69. The van der Waals surface area contributed by atoms with Crippen LogP contribution in [0.1, 0.15) is 5.56 Å². The lowest BCUT2D eigenvalue weighted by Crippen LogP contribution is -2.08. The monoisotopic (exact) mass is 363 g/mol. The van der Waals surface area contributed by atoms with Gasteiger partial charge in [0.25, 0.3) is 0 Å². The Morgan fingerprint density at radius 1 is 1.57 bits per heavy atom. The molecule has 0 aliphatic rings. The summed E-state index contributed by atoms with van der Waals surface area (Å²) in [5.41, 5.74) is 1.95. The van der Waals surface area contributed by atoms with Gasteiger partial charge in [-0.3, -0.25) is 4.79 Å². The average Bonchev–Trinajstić information content (AvgIpc) is 2.12. The molecule has 0 aromatic heterocycles. The van der Waals surface area contributed by atoms with Crippen LogP contribution in [0.2, 0.25) is 0 Å². The Hall–Kier alpha value is -0.540. The van der Waals surface area contributed by atoms with Crippen LogP contribution in [0.15, 0.2) is 18.2 Å². The van der Waals surface area contributed by atoms with Crippen LogP contribution >= 0.6 is 38.5 Å². The molecule has 0 saturated heterocycles. The van der Waals surface area contributed by atoms with Crippen molar-refractivity contribution < 1.29 is 4.79 Å². The van der Waals surface area contributed by atoms with Gasteiger partial charge in [-0.25, -0.2) is 0 Å². The average molecular weight is 364 g/mol. The maximum atomic E-state index is 11.1. The molecule has 14 heavy (non-hydrogen) atoms. The first-order valence-electron chi connectivity index (χ1n) is 3.82. The van der Waals surface area contributed by atoms with Crippen LogP contribution in [0.4, 0.5) is 5.69 Å². The topological polar surface area (TPSA) is 29.1 Å². The Morgan fingerprint density at radius 3 is 2.86 bits per heavy atom. The van der Waals surface area contributed by atoms with Gasteiger partial charge in [0, 0.05) is 31.1 Å². The van der Waals surface area contributed by atoms with E-state index in [9.17, 15) is 4.79 Å². The van der Waals surface area contributed by atoms with Crippen molar-refractivity contribution in [2.45, 2.75) is 6.92 Å². The summed E-state index contributed by atoms with van der Waals surface area (Å²) in [6.45, 7) is 2.02. The van der Waals surface area contributed by atoms with Gasteiger partial charge in [-0.1, -0.05) is 6.07 Å². The number of anilines is 1. The molecule has 0 atom stereocenters. The zero-order valence-corrected chi connectivity index (χ0v) is 11.1. The van der Waals surface area contributed by atoms with Gasteiger partial charge >= 0.3 is 5.91 Å². The molecule has 1 rings (SSSR count). The van der Waals surface area contributed by atoms with Crippen LogP contribution in [-0.4, -0.2) is 5.91 Å². The number of carbonyl (C=O) groups is 1. The van der Waals surface area contributed by atoms with Gasteiger partial charge in [0.2, 0.25) is 0 Å². The van der Waals surface area contributed by atoms with Crippen LogP contribution in [0.25, 0.3) is 0 Å². The molecule has 4 heteroatoms. The second kappa shape index (κ2) is 5.37. The maximum absolute atomic E-state index is 11.1. The lowest BCUT2D eigenvalue weighted by atomic mass is 10.2. The summed E-state index contributed by atoms with van der Waals surface area (Å²) in [7, 11) is 0. The highest BCUT2D eigenvalue weighted by molar-refractivity contribution is 14.1. The van der Waals surface area contributed by atoms with Crippen LogP contribution in [-0.2, 0) is 4.79 Å². The van der Waals surface area contributed by atoms with E-state index >= 15 is 0 Å². The Bertz CT molecular complexity index is 420. The van der Waals surface area contributed by atoms with Crippen molar-refractivity contribution in [1.82, 2.24) is 0 Å².